The largest absolute Gasteiger partial charge is 0.508 e. The van der Waals surface area contributed by atoms with E-state index >= 15 is 0 Å². The van der Waals surface area contributed by atoms with Crippen LogP contribution in [0.2, 0.25) is 0 Å². The highest BCUT2D eigenvalue weighted by Crippen LogP contribution is 2.33. The molecule has 0 aliphatic carbocycles. The number of phenolic OH excluding ortho intramolecular Hbond substituents is 1. The van der Waals surface area contributed by atoms with E-state index in [1.54, 1.807) is 36.4 Å². The van der Waals surface area contributed by atoms with Crippen molar-refractivity contribution in [3.05, 3.63) is 90.5 Å². The molecule has 0 saturated heterocycles. The van der Waals surface area contributed by atoms with Crippen LogP contribution in [0.3, 0.4) is 0 Å². The van der Waals surface area contributed by atoms with Crippen molar-refractivity contribution in [2.45, 2.75) is 4.90 Å². The van der Waals surface area contributed by atoms with Gasteiger partial charge < -0.3 is 15.3 Å². The van der Waals surface area contributed by atoms with Crippen LogP contribution in [0, 0.1) is 0 Å². The minimum atomic E-state index is -4.61. The van der Waals surface area contributed by atoms with Crippen molar-refractivity contribution < 1.29 is 33.1 Å². The Labute approximate surface area is 210 Å². The molecule has 0 fully saturated rings. The molecule has 0 saturated carbocycles. The van der Waals surface area contributed by atoms with Gasteiger partial charge in [0.05, 0.1) is 22.7 Å². The van der Waals surface area contributed by atoms with E-state index in [0.29, 0.717) is 16.9 Å². The summed E-state index contributed by atoms with van der Waals surface area (Å²) in [5.41, 5.74) is 1.58. The topological polar surface area (TPSA) is 182 Å². The van der Waals surface area contributed by atoms with Gasteiger partial charge in [0.1, 0.15) is 22.0 Å². The number of carboxylic acids is 1. The van der Waals surface area contributed by atoms with Crippen LogP contribution in [-0.4, -0.2) is 34.3 Å². The van der Waals surface area contributed by atoms with Crippen molar-refractivity contribution in [2.24, 2.45) is 20.5 Å². The number of aromatic hydroxyl groups is 2. The minimum Gasteiger partial charge on any atom is -0.508 e. The van der Waals surface area contributed by atoms with Crippen LogP contribution in [0.5, 0.6) is 11.5 Å². The van der Waals surface area contributed by atoms with Gasteiger partial charge in [-0.25, -0.2) is 4.79 Å². The number of benzene rings is 4. The number of aromatic carboxylic acids is 1. The number of rotatable bonds is 7. The first-order chi connectivity index (χ1) is 17.6. The molecule has 4 aromatic carbocycles. The molecule has 0 radical (unpaired) electrons. The van der Waals surface area contributed by atoms with Crippen molar-refractivity contribution in [3.8, 4) is 22.6 Å². The second-order valence-corrected chi connectivity index (χ2v) is 9.02. The van der Waals surface area contributed by atoms with Crippen molar-refractivity contribution >= 4 is 38.8 Å². The Morgan fingerprint density at radius 3 is 1.84 bits per heavy atom. The Bertz CT molecular complexity index is 1650. The maximum absolute atomic E-state index is 12.1. The summed E-state index contributed by atoms with van der Waals surface area (Å²) in [6.07, 6.45) is 0. The quantitative estimate of drug-likeness (QED) is 0.158. The fourth-order valence-electron chi connectivity index (χ4n) is 3.28. The molecule has 0 aromatic heterocycles. The summed E-state index contributed by atoms with van der Waals surface area (Å²) in [7, 11) is -4.61. The lowest BCUT2D eigenvalue weighted by molar-refractivity contribution is 0.0693. The first-order valence-electron chi connectivity index (χ1n) is 10.5. The van der Waals surface area contributed by atoms with Crippen molar-refractivity contribution in [2.75, 3.05) is 0 Å². The van der Waals surface area contributed by atoms with Crippen LogP contribution in [-0.2, 0) is 10.1 Å². The van der Waals surface area contributed by atoms with Crippen LogP contribution in [0.25, 0.3) is 11.1 Å². The minimum absolute atomic E-state index is 0.00245. The number of nitrogens with zero attached hydrogens (tertiary/aromatic N) is 4. The van der Waals surface area contributed by atoms with Gasteiger partial charge in [0.15, 0.2) is 0 Å². The SMILES string of the molecule is O=C(O)c1ccc(N=Nc2ccc(-c3ccc(N=Nc4cccc(O)c4)cc3S(=O)(=O)O)cc2)cc1O. The zero-order valence-corrected chi connectivity index (χ0v) is 19.6. The summed E-state index contributed by atoms with van der Waals surface area (Å²) < 4.78 is 33.9. The van der Waals surface area contributed by atoms with Gasteiger partial charge >= 0.3 is 5.97 Å². The van der Waals surface area contributed by atoms with E-state index in [1.165, 1.54) is 48.5 Å². The smallest absolute Gasteiger partial charge is 0.339 e. The van der Waals surface area contributed by atoms with Gasteiger partial charge in [-0.15, -0.1) is 0 Å². The second-order valence-electron chi connectivity index (χ2n) is 7.63. The molecular weight excluding hydrogens is 500 g/mol. The summed E-state index contributed by atoms with van der Waals surface area (Å²) >= 11 is 0. The Kier molecular flexibility index (Phi) is 7.04. The Balaban J connectivity index is 1.59. The number of phenols is 2. The molecule has 0 unspecified atom stereocenters. The summed E-state index contributed by atoms with van der Waals surface area (Å²) in [5, 5.41) is 44.2. The van der Waals surface area contributed by atoms with E-state index in [2.05, 4.69) is 20.5 Å². The molecule has 0 atom stereocenters. The lowest BCUT2D eigenvalue weighted by Gasteiger charge is -2.08. The summed E-state index contributed by atoms with van der Waals surface area (Å²) in [6, 6.07) is 20.3. The molecular formula is C25H18N4O7S. The van der Waals surface area contributed by atoms with Crippen molar-refractivity contribution in [1.82, 2.24) is 0 Å². The average Bonchev–Trinajstić information content (AvgIpc) is 2.86. The van der Waals surface area contributed by atoms with E-state index < -0.39 is 21.8 Å². The molecule has 4 N–H and O–H groups in total. The van der Waals surface area contributed by atoms with Crippen molar-refractivity contribution in [1.29, 1.82) is 0 Å². The van der Waals surface area contributed by atoms with Crippen LogP contribution in [0.1, 0.15) is 10.4 Å². The molecule has 0 aliphatic heterocycles. The highest BCUT2D eigenvalue weighted by atomic mass is 32.2. The standard InChI is InChI=1S/C25H18N4O7S/c30-20-3-1-2-17(12-20)27-29-19-8-10-21(24(14-19)37(34,35)36)15-4-6-16(7-5-15)26-28-18-9-11-22(25(32)33)23(31)13-18/h1-14,30-31H,(H,32,33)(H,34,35,36). The third-order valence-electron chi connectivity index (χ3n) is 5.02. The first-order valence-corrected chi connectivity index (χ1v) is 11.9. The number of hydrogen-bond acceptors (Lipinski definition) is 9. The van der Waals surface area contributed by atoms with E-state index in [1.807, 2.05) is 0 Å². The molecule has 186 valence electrons. The lowest BCUT2D eigenvalue weighted by atomic mass is 10.0. The molecule has 12 heteroatoms. The van der Waals surface area contributed by atoms with Gasteiger partial charge in [-0.3, -0.25) is 4.55 Å². The Hall–Kier alpha value is -4.94. The van der Waals surface area contributed by atoms with Gasteiger partial charge in [-0.2, -0.15) is 28.9 Å². The highest BCUT2D eigenvalue weighted by molar-refractivity contribution is 7.86. The molecule has 37 heavy (non-hydrogen) atoms. The maximum atomic E-state index is 12.1. The van der Waals surface area contributed by atoms with E-state index in [0.717, 1.165) is 0 Å². The monoisotopic (exact) mass is 518 g/mol. The predicted octanol–water partition coefficient (Wildman–Crippen LogP) is 6.54. The van der Waals surface area contributed by atoms with Crippen LogP contribution in [0.4, 0.5) is 22.7 Å². The Morgan fingerprint density at radius 1 is 0.676 bits per heavy atom. The normalized spacial score (nSPS) is 11.8. The van der Waals surface area contributed by atoms with Crippen molar-refractivity contribution in [3.63, 3.8) is 0 Å². The highest BCUT2D eigenvalue weighted by Gasteiger charge is 2.18. The Morgan fingerprint density at radius 2 is 1.24 bits per heavy atom. The van der Waals surface area contributed by atoms with Crippen LogP contribution < -0.4 is 0 Å². The van der Waals surface area contributed by atoms with E-state index in [4.69, 9.17) is 5.11 Å². The number of carboxylic acid groups (broad SMARTS) is 1. The van der Waals surface area contributed by atoms with Gasteiger partial charge in [-0.1, -0.05) is 24.3 Å². The molecule has 0 bridgehead atoms. The fourth-order valence-corrected chi connectivity index (χ4v) is 4.02. The van der Waals surface area contributed by atoms with E-state index in [9.17, 15) is 28.0 Å². The average molecular weight is 519 g/mol. The summed E-state index contributed by atoms with van der Waals surface area (Å²) in [4.78, 5) is 10.6. The fraction of sp³-hybridized carbons (Fsp3) is 0. The van der Waals surface area contributed by atoms with Crippen LogP contribution >= 0.6 is 0 Å². The molecule has 0 aliphatic rings. The maximum Gasteiger partial charge on any atom is 0.339 e. The lowest BCUT2D eigenvalue weighted by Crippen LogP contribution is -2.00. The molecule has 0 amide bonds. The van der Waals surface area contributed by atoms with Gasteiger partial charge in [0.25, 0.3) is 10.1 Å². The number of carbonyl (C=O) groups is 1. The molecule has 0 heterocycles. The molecule has 4 aromatic rings. The third kappa shape index (κ3) is 6.20. The number of azo groups is 2. The molecule has 11 nitrogen and oxygen atoms in total. The number of hydrogen-bond donors (Lipinski definition) is 4. The second kappa shape index (κ2) is 10.4. The first kappa shape index (κ1) is 25.2. The van der Waals surface area contributed by atoms with Gasteiger partial charge in [0.2, 0.25) is 0 Å². The molecule has 4 rings (SSSR count). The zero-order chi connectivity index (χ0) is 26.6. The predicted molar refractivity (Wildman–Crippen MR) is 133 cm³/mol. The van der Waals surface area contributed by atoms with Gasteiger partial charge in [0, 0.05) is 17.7 Å². The molecule has 0 spiro atoms. The zero-order valence-electron chi connectivity index (χ0n) is 18.8. The summed E-state index contributed by atoms with van der Waals surface area (Å²) in [5.74, 6) is -1.71. The van der Waals surface area contributed by atoms with Gasteiger partial charge in [-0.05, 0) is 54.1 Å². The third-order valence-corrected chi connectivity index (χ3v) is 5.92. The summed E-state index contributed by atoms with van der Waals surface area (Å²) in [6.45, 7) is 0. The van der Waals surface area contributed by atoms with Crippen LogP contribution in [0.15, 0.2) is 110 Å². The van der Waals surface area contributed by atoms with E-state index in [-0.39, 0.29) is 33.1 Å².